The second-order valence-electron chi connectivity index (χ2n) is 7.30. The van der Waals surface area contributed by atoms with Gasteiger partial charge in [0.15, 0.2) is 5.82 Å². The summed E-state index contributed by atoms with van der Waals surface area (Å²) in [5.41, 5.74) is 0.0155. The predicted octanol–water partition coefficient (Wildman–Crippen LogP) is 3.80. The van der Waals surface area contributed by atoms with Crippen molar-refractivity contribution < 1.29 is 4.39 Å². The molecule has 0 bridgehead atoms. The van der Waals surface area contributed by atoms with E-state index in [-0.39, 0.29) is 17.1 Å². The lowest BCUT2D eigenvalue weighted by molar-refractivity contribution is 0.180. The van der Waals surface area contributed by atoms with Crippen LogP contribution in [0.15, 0.2) is 21.4 Å². The Morgan fingerprint density at radius 3 is 2.70 bits per heavy atom. The van der Waals surface area contributed by atoms with E-state index in [4.69, 9.17) is 4.98 Å². The number of nitrogens with zero attached hydrogens (tertiary/aromatic N) is 4. The fourth-order valence-corrected chi connectivity index (χ4v) is 4.38. The van der Waals surface area contributed by atoms with Crippen LogP contribution in [0, 0.1) is 5.82 Å². The van der Waals surface area contributed by atoms with Crippen LogP contribution in [0.2, 0.25) is 0 Å². The number of halogens is 2. The van der Waals surface area contributed by atoms with Gasteiger partial charge in [-0.3, -0.25) is 14.3 Å². The van der Waals surface area contributed by atoms with E-state index >= 15 is 0 Å². The van der Waals surface area contributed by atoms with Crippen molar-refractivity contribution in [2.45, 2.75) is 45.7 Å². The Balaban J connectivity index is 2.15. The van der Waals surface area contributed by atoms with Crippen molar-refractivity contribution in [3.05, 3.63) is 38.6 Å². The topological polar surface area (TPSA) is 41.4 Å². The monoisotopic (exact) mass is 438 g/mol. The fourth-order valence-electron chi connectivity index (χ4n) is 3.95. The van der Waals surface area contributed by atoms with E-state index in [1.54, 1.807) is 10.6 Å². The Morgan fingerprint density at radius 2 is 2.00 bits per heavy atom. The molecule has 1 atom stereocenters. The third-order valence-electron chi connectivity index (χ3n) is 5.38. The molecule has 1 aromatic heterocycles. The van der Waals surface area contributed by atoms with Gasteiger partial charge in [-0.25, -0.2) is 9.37 Å². The molecule has 7 heteroatoms. The average molecular weight is 439 g/mol. The number of hydrogen-bond donors (Lipinski definition) is 0. The number of aromatic nitrogens is 2. The van der Waals surface area contributed by atoms with Crippen LogP contribution in [-0.4, -0.2) is 52.6 Å². The van der Waals surface area contributed by atoms with Crippen LogP contribution in [0.3, 0.4) is 0 Å². The number of benzene rings is 1. The maximum absolute atomic E-state index is 14.6. The molecule has 27 heavy (non-hydrogen) atoms. The van der Waals surface area contributed by atoms with Crippen molar-refractivity contribution in [2.75, 3.05) is 33.2 Å². The lowest BCUT2D eigenvalue weighted by Crippen LogP contribution is -2.37. The van der Waals surface area contributed by atoms with Gasteiger partial charge in [0.05, 0.1) is 11.4 Å². The van der Waals surface area contributed by atoms with E-state index in [2.05, 4.69) is 39.7 Å². The molecule has 0 unspecified atom stereocenters. The molecule has 1 saturated heterocycles. The number of rotatable bonds is 5. The Morgan fingerprint density at radius 1 is 1.22 bits per heavy atom. The van der Waals surface area contributed by atoms with Crippen molar-refractivity contribution >= 4 is 26.8 Å². The van der Waals surface area contributed by atoms with Crippen molar-refractivity contribution in [1.82, 2.24) is 19.4 Å². The van der Waals surface area contributed by atoms with Gasteiger partial charge in [0.1, 0.15) is 11.3 Å². The lowest BCUT2D eigenvalue weighted by Gasteiger charge is -2.31. The van der Waals surface area contributed by atoms with Crippen LogP contribution in [0.5, 0.6) is 0 Å². The third-order valence-corrected chi connectivity index (χ3v) is 5.84. The lowest BCUT2D eigenvalue weighted by atomic mass is 10.1. The first-order chi connectivity index (χ1) is 13.0. The van der Waals surface area contributed by atoms with Gasteiger partial charge in [0, 0.05) is 30.7 Å². The highest BCUT2D eigenvalue weighted by atomic mass is 79.9. The molecule has 2 aromatic rings. The summed E-state index contributed by atoms with van der Waals surface area (Å²) in [7, 11) is 2.14. The van der Waals surface area contributed by atoms with Crippen LogP contribution >= 0.6 is 15.9 Å². The second-order valence-corrected chi connectivity index (χ2v) is 8.22. The molecule has 3 rings (SSSR count). The number of fused-ring (bicyclic) bond motifs is 1. The molecule has 1 aromatic carbocycles. The minimum atomic E-state index is -0.452. The highest BCUT2D eigenvalue weighted by Gasteiger charge is 2.27. The van der Waals surface area contributed by atoms with Gasteiger partial charge in [-0.1, -0.05) is 29.3 Å². The largest absolute Gasteiger partial charge is 0.305 e. The predicted molar refractivity (Wildman–Crippen MR) is 111 cm³/mol. The first kappa shape index (κ1) is 20.4. The summed E-state index contributed by atoms with van der Waals surface area (Å²) in [5.74, 6) is 0.245. The van der Waals surface area contributed by atoms with Crippen molar-refractivity contribution in [2.24, 2.45) is 0 Å². The molecular weight excluding hydrogens is 411 g/mol. The van der Waals surface area contributed by atoms with Crippen LogP contribution in [0.25, 0.3) is 10.9 Å². The van der Waals surface area contributed by atoms with Crippen LogP contribution < -0.4 is 5.56 Å². The van der Waals surface area contributed by atoms with Gasteiger partial charge < -0.3 is 4.90 Å². The van der Waals surface area contributed by atoms with Crippen molar-refractivity contribution in [3.63, 3.8) is 0 Å². The van der Waals surface area contributed by atoms with Gasteiger partial charge in [-0.15, -0.1) is 0 Å². The quantitative estimate of drug-likeness (QED) is 0.711. The molecule has 0 N–H and O–H groups in total. The zero-order valence-corrected chi connectivity index (χ0v) is 17.9. The van der Waals surface area contributed by atoms with Crippen molar-refractivity contribution in [3.8, 4) is 0 Å². The smallest absolute Gasteiger partial charge is 0.261 e. The van der Waals surface area contributed by atoms with Gasteiger partial charge >= 0.3 is 0 Å². The van der Waals surface area contributed by atoms with Crippen molar-refractivity contribution in [1.29, 1.82) is 0 Å². The Kier molecular flexibility index (Phi) is 6.65. The Labute approximate surface area is 168 Å². The second kappa shape index (κ2) is 8.80. The molecule has 0 saturated carbocycles. The molecule has 0 radical (unpaired) electrons. The molecule has 5 nitrogen and oxygen atoms in total. The van der Waals surface area contributed by atoms with E-state index in [9.17, 15) is 9.18 Å². The molecule has 1 aliphatic heterocycles. The van der Waals surface area contributed by atoms with E-state index in [0.717, 1.165) is 45.4 Å². The van der Waals surface area contributed by atoms with Gasteiger partial charge in [0.2, 0.25) is 0 Å². The molecule has 0 amide bonds. The van der Waals surface area contributed by atoms with E-state index in [1.165, 1.54) is 6.07 Å². The van der Waals surface area contributed by atoms with Gasteiger partial charge in [-0.05, 0) is 45.5 Å². The average Bonchev–Trinajstić information content (AvgIpc) is 2.85. The normalized spacial score (nSPS) is 18.0. The van der Waals surface area contributed by atoms with Gasteiger partial charge in [-0.2, -0.15) is 0 Å². The van der Waals surface area contributed by atoms with Crippen LogP contribution in [0.1, 0.15) is 45.0 Å². The molecule has 2 heterocycles. The highest BCUT2D eigenvalue weighted by Crippen LogP contribution is 2.28. The SMILES string of the molecule is CCC[C@H](c1nc2c(F)cc(Br)cc2c(=O)n1CC)N1CCCN(C)CC1. The van der Waals surface area contributed by atoms with Crippen LogP contribution in [-0.2, 0) is 6.54 Å². The molecule has 0 spiro atoms. The van der Waals surface area contributed by atoms with E-state index < -0.39 is 5.82 Å². The minimum absolute atomic E-state index is 0.0293. The maximum Gasteiger partial charge on any atom is 0.261 e. The molecular formula is C20H28BrFN4O. The maximum atomic E-state index is 14.6. The summed E-state index contributed by atoms with van der Waals surface area (Å²) in [4.78, 5) is 22.6. The summed E-state index contributed by atoms with van der Waals surface area (Å²) in [6.07, 6.45) is 2.97. The summed E-state index contributed by atoms with van der Waals surface area (Å²) in [6, 6.07) is 3.07. The standard InChI is InChI=1S/C20H28BrFN4O/c1-4-7-17(25-9-6-8-24(3)10-11-25)19-23-18-15(20(27)26(19)5-2)12-14(21)13-16(18)22/h12-13,17H,4-11H2,1-3H3/t17-/m1/s1. The van der Waals surface area contributed by atoms with Gasteiger partial charge in [0.25, 0.3) is 5.56 Å². The number of hydrogen-bond acceptors (Lipinski definition) is 4. The Bertz CT molecular complexity index is 869. The fraction of sp³-hybridized carbons (Fsp3) is 0.600. The molecule has 1 aliphatic rings. The zero-order valence-electron chi connectivity index (χ0n) is 16.3. The summed E-state index contributed by atoms with van der Waals surface area (Å²) in [5, 5.41) is 0.332. The van der Waals surface area contributed by atoms with Crippen LogP contribution in [0.4, 0.5) is 4.39 Å². The number of likely N-dealkylation sites (N-methyl/N-ethyl adjacent to an activating group) is 1. The first-order valence-corrected chi connectivity index (χ1v) is 10.6. The minimum Gasteiger partial charge on any atom is -0.305 e. The Hall–Kier alpha value is -1.31. The third kappa shape index (κ3) is 4.25. The molecule has 1 fully saturated rings. The van der Waals surface area contributed by atoms with E-state index in [0.29, 0.717) is 22.2 Å². The first-order valence-electron chi connectivity index (χ1n) is 9.78. The molecule has 0 aliphatic carbocycles. The summed E-state index contributed by atoms with van der Waals surface area (Å²) in [6.45, 7) is 8.58. The summed E-state index contributed by atoms with van der Waals surface area (Å²) < 4.78 is 16.9. The van der Waals surface area contributed by atoms with E-state index in [1.807, 2.05) is 6.92 Å². The summed E-state index contributed by atoms with van der Waals surface area (Å²) >= 11 is 3.28. The zero-order chi connectivity index (χ0) is 19.6. The highest BCUT2D eigenvalue weighted by molar-refractivity contribution is 9.10. The molecule has 148 valence electrons.